The van der Waals surface area contributed by atoms with Crippen LogP contribution in [0.4, 0.5) is 0 Å². The minimum absolute atomic E-state index is 0.0324. The average molecular weight is 210 g/mol. The van der Waals surface area contributed by atoms with Gasteiger partial charge in [-0.3, -0.25) is 9.89 Å². The summed E-state index contributed by atoms with van der Waals surface area (Å²) in [6.45, 7) is 1.68. The summed E-state index contributed by atoms with van der Waals surface area (Å²) in [6.07, 6.45) is 1.66. The molecule has 6 nitrogen and oxygen atoms in total. The Bertz CT molecular complexity index is 325. The van der Waals surface area contributed by atoms with Crippen molar-refractivity contribution in [3.63, 3.8) is 0 Å². The fourth-order valence-electron chi connectivity index (χ4n) is 1.73. The molecule has 0 saturated carbocycles. The zero-order valence-corrected chi connectivity index (χ0v) is 8.35. The van der Waals surface area contributed by atoms with Crippen molar-refractivity contribution in [1.82, 2.24) is 15.1 Å². The SMILES string of the molecule is NCC(=O)N1CCOCC1c1ccn[nH]1. The normalized spacial score (nSPS) is 21.7. The van der Waals surface area contributed by atoms with E-state index in [1.54, 1.807) is 11.1 Å². The number of aromatic amines is 1. The standard InChI is InChI=1S/C9H14N4O2/c10-5-9(14)13-3-4-15-6-8(13)7-1-2-11-12-7/h1-2,8H,3-6,10H2,(H,11,12). The molecule has 0 aromatic carbocycles. The molecule has 2 rings (SSSR count). The maximum atomic E-state index is 11.6. The van der Waals surface area contributed by atoms with E-state index in [-0.39, 0.29) is 18.5 Å². The summed E-state index contributed by atoms with van der Waals surface area (Å²) in [4.78, 5) is 13.3. The second kappa shape index (κ2) is 4.41. The Morgan fingerprint density at radius 1 is 1.80 bits per heavy atom. The van der Waals surface area contributed by atoms with E-state index >= 15 is 0 Å². The van der Waals surface area contributed by atoms with Gasteiger partial charge in [-0.15, -0.1) is 0 Å². The lowest BCUT2D eigenvalue weighted by Gasteiger charge is -2.34. The number of nitrogens with zero attached hydrogens (tertiary/aromatic N) is 2. The quantitative estimate of drug-likeness (QED) is 0.674. The number of nitrogens with one attached hydrogen (secondary N) is 1. The maximum absolute atomic E-state index is 11.6. The molecular formula is C9H14N4O2. The molecule has 3 N–H and O–H groups in total. The summed E-state index contributed by atoms with van der Waals surface area (Å²) in [5.41, 5.74) is 6.25. The molecule has 0 bridgehead atoms. The molecule has 1 atom stereocenters. The molecule has 1 unspecified atom stereocenters. The van der Waals surface area contributed by atoms with Crippen LogP contribution >= 0.6 is 0 Å². The first-order valence-corrected chi connectivity index (χ1v) is 4.89. The van der Waals surface area contributed by atoms with E-state index in [4.69, 9.17) is 10.5 Å². The van der Waals surface area contributed by atoms with Gasteiger partial charge in [0.1, 0.15) is 0 Å². The molecule has 0 aliphatic carbocycles. The van der Waals surface area contributed by atoms with Gasteiger partial charge in [-0.25, -0.2) is 0 Å². The van der Waals surface area contributed by atoms with Crippen LogP contribution in [0.1, 0.15) is 11.7 Å². The number of ether oxygens (including phenoxy) is 1. The highest BCUT2D eigenvalue weighted by molar-refractivity contribution is 5.78. The van der Waals surface area contributed by atoms with Crippen LogP contribution in [0.25, 0.3) is 0 Å². The molecule has 1 aromatic heterocycles. The number of rotatable bonds is 2. The Morgan fingerprint density at radius 2 is 2.67 bits per heavy atom. The van der Waals surface area contributed by atoms with Crippen molar-refractivity contribution in [2.24, 2.45) is 5.73 Å². The van der Waals surface area contributed by atoms with Gasteiger partial charge >= 0.3 is 0 Å². The number of amides is 1. The first-order valence-electron chi connectivity index (χ1n) is 4.89. The lowest BCUT2D eigenvalue weighted by Crippen LogP contribution is -2.46. The second-order valence-electron chi connectivity index (χ2n) is 3.39. The Kier molecular flexibility index (Phi) is 2.98. The van der Waals surface area contributed by atoms with E-state index in [9.17, 15) is 4.79 Å². The monoisotopic (exact) mass is 210 g/mol. The molecule has 1 aliphatic heterocycles. The highest BCUT2D eigenvalue weighted by Gasteiger charge is 2.28. The van der Waals surface area contributed by atoms with Crippen LogP contribution in [0.15, 0.2) is 12.3 Å². The van der Waals surface area contributed by atoms with Gasteiger partial charge in [0.05, 0.1) is 31.5 Å². The molecule has 0 spiro atoms. The summed E-state index contributed by atoms with van der Waals surface area (Å²) < 4.78 is 5.35. The minimum atomic E-state index is -0.0858. The summed E-state index contributed by atoms with van der Waals surface area (Å²) in [5.74, 6) is -0.0575. The average Bonchev–Trinajstić information content (AvgIpc) is 2.81. The number of H-pyrrole nitrogens is 1. The molecule has 1 aliphatic rings. The molecule has 82 valence electrons. The van der Waals surface area contributed by atoms with Crippen LogP contribution in [-0.2, 0) is 9.53 Å². The van der Waals surface area contributed by atoms with E-state index < -0.39 is 0 Å². The fourth-order valence-corrected chi connectivity index (χ4v) is 1.73. The third-order valence-corrected chi connectivity index (χ3v) is 2.50. The van der Waals surface area contributed by atoms with Gasteiger partial charge in [-0.05, 0) is 6.07 Å². The lowest BCUT2D eigenvalue weighted by molar-refractivity contribution is -0.138. The topological polar surface area (TPSA) is 84.2 Å². The van der Waals surface area contributed by atoms with Crippen LogP contribution in [0.3, 0.4) is 0 Å². The zero-order chi connectivity index (χ0) is 10.7. The number of aromatic nitrogens is 2. The predicted molar refractivity (Wildman–Crippen MR) is 52.9 cm³/mol. The van der Waals surface area contributed by atoms with Crippen molar-refractivity contribution >= 4 is 5.91 Å². The van der Waals surface area contributed by atoms with E-state index in [2.05, 4.69) is 10.2 Å². The Hall–Kier alpha value is -1.40. The van der Waals surface area contributed by atoms with Gasteiger partial charge in [-0.1, -0.05) is 0 Å². The number of carbonyl (C=O) groups is 1. The maximum Gasteiger partial charge on any atom is 0.237 e. The smallest absolute Gasteiger partial charge is 0.237 e. The summed E-state index contributed by atoms with van der Waals surface area (Å²) in [6, 6.07) is 1.76. The second-order valence-corrected chi connectivity index (χ2v) is 3.39. The highest BCUT2D eigenvalue weighted by atomic mass is 16.5. The van der Waals surface area contributed by atoms with E-state index in [1.165, 1.54) is 0 Å². The third kappa shape index (κ3) is 2.00. The van der Waals surface area contributed by atoms with Gasteiger partial charge in [0.15, 0.2) is 0 Å². The van der Waals surface area contributed by atoms with Crippen molar-refractivity contribution in [3.8, 4) is 0 Å². The summed E-state index contributed by atoms with van der Waals surface area (Å²) in [7, 11) is 0. The van der Waals surface area contributed by atoms with Crippen LogP contribution in [0.5, 0.6) is 0 Å². The number of hydrogen-bond acceptors (Lipinski definition) is 4. The molecule has 1 saturated heterocycles. The minimum Gasteiger partial charge on any atom is -0.377 e. The summed E-state index contributed by atoms with van der Waals surface area (Å²) in [5, 5.41) is 6.72. The van der Waals surface area contributed by atoms with Gasteiger partial charge in [0.25, 0.3) is 0 Å². The molecule has 2 heterocycles. The van der Waals surface area contributed by atoms with Crippen LogP contribution in [-0.4, -0.2) is 47.3 Å². The third-order valence-electron chi connectivity index (χ3n) is 2.50. The molecule has 6 heteroatoms. The van der Waals surface area contributed by atoms with Crippen molar-refractivity contribution in [2.75, 3.05) is 26.3 Å². The molecule has 1 fully saturated rings. The van der Waals surface area contributed by atoms with Crippen molar-refractivity contribution in [2.45, 2.75) is 6.04 Å². The van der Waals surface area contributed by atoms with E-state index in [1.807, 2.05) is 6.07 Å². The number of carbonyl (C=O) groups excluding carboxylic acids is 1. The number of nitrogens with two attached hydrogens (primary N) is 1. The first-order chi connectivity index (χ1) is 7.33. The van der Waals surface area contributed by atoms with Crippen molar-refractivity contribution < 1.29 is 9.53 Å². The Morgan fingerprint density at radius 3 is 3.33 bits per heavy atom. The largest absolute Gasteiger partial charge is 0.377 e. The Labute approximate surface area is 87.4 Å². The Balaban J connectivity index is 2.16. The highest BCUT2D eigenvalue weighted by Crippen LogP contribution is 2.21. The van der Waals surface area contributed by atoms with Crippen LogP contribution in [0.2, 0.25) is 0 Å². The number of morpholine rings is 1. The summed E-state index contributed by atoms with van der Waals surface area (Å²) >= 11 is 0. The van der Waals surface area contributed by atoms with Crippen molar-refractivity contribution in [3.05, 3.63) is 18.0 Å². The van der Waals surface area contributed by atoms with E-state index in [0.29, 0.717) is 19.8 Å². The lowest BCUT2D eigenvalue weighted by atomic mass is 10.1. The zero-order valence-electron chi connectivity index (χ0n) is 8.35. The number of hydrogen-bond donors (Lipinski definition) is 2. The van der Waals surface area contributed by atoms with Gasteiger partial charge in [-0.2, -0.15) is 5.10 Å². The predicted octanol–water partition coefficient (Wildman–Crippen LogP) is -0.732. The molecule has 1 aromatic rings. The fraction of sp³-hybridized carbons (Fsp3) is 0.556. The molecular weight excluding hydrogens is 196 g/mol. The van der Waals surface area contributed by atoms with Crippen molar-refractivity contribution in [1.29, 1.82) is 0 Å². The van der Waals surface area contributed by atoms with Gasteiger partial charge in [0.2, 0.25) is 5.91 Å². The molecule has 15 heavy (non-hydrogen) atoms. The van der Waals surface area contributed by atoms with Gasteiger partial charge < -0.3 is 15.4 Å². The molecule has 1 amide bonds. The van der Waals surface area contributed by atoms with Crippen LogP contribution < -0.4 is 5.73 Å². The molecule has 0 radical (unpaired) electrons. The van der Waals surface area contributed by atoms with Gasteiger partial charge in [0, 0.05) is 12.7 Å². The van der Waals surface area contributed by atoms with Crippen LogP contribution in [0, 0.1) is 0 Å². The first kappa shape index (κ1) is 10.1. The van der Waals surface area contributed by atoms with E-state index in [0.717, 1.165) is 5.69 Å².